The summed E-state index contributed by atoms with van der Waals surface area (Å²) in [6.07, 6.45) is 1.81. The Morgan fingerprint density at radius 1 is 0.588 bits per heavy atom. The summed E-state index contributed by atoms with van der Waals surface area (Å²) in [4.78, 5) is 0. The molecule has 0 saturated heterocycles. The fourth-order valence-electron chi connectivity index (χ4n) is 0. The second kappa shape index (κ2) is 11.5. The van der Waals surface area contributed by atoms with Crippen LogP contribution in [0.3, 0.4) is 0 Å². The summed E-state index contributed by atoms with van der Waals surface area (Å²) in [6, 6.07) is 0. The SMILES string of the molecule is CS(=O)(=O)[O-].CS(=O)(=O)[O-].CS(=O)(=O)[O-].O.[Ag+3]. The van der Waals surface area contributed by atoms with Crippen LogP contribution >= 0.6 is 0 Å². The van der Waals surface area contributed by atoms with Crippen LogP contribution < -0.4 is 0 Å². The van der Waals surface area contributed by atoms with E-state index >= 15 is 0 Å². The largest absolute Gasteiger partial charge is 3.00 e. The third-order valence-corrected chi connectivity index (χ3v) is 0. The summed E-state index contributed by atoms with van der Waals surface area (Å²) in [5.74, 6) is 0. The fraction of sp³-hybridized carbons (Fsp3) is 1.00. The van der Waals surface area contributed by atoms with Gasteiger partial charge in [0.2, 0.25) is 0 Å². The minimum absolute atomic E-state index is 0. The Bertz CT molecular complexity index is 348. The molecule has 0 unspecified atom stereocenters. The molecule has 0 bridgehead atoms. The molecule has 112 valence electrons. The van der Waals surface area contributed by atoms with E-state index < -0.39 is 30.4 Å². The second-order valence-corrected chi connectivity index (χ2v) is 6.34. The van der Waals surface area contributed by atoms with Gasteiger partial charge in [-0.3, -0.25) is 0 Å². The van der Waals surface area contributed by atoms with Crippen LogP contribution in [0.1, 0.15) is 0 Å². The summed E-state index contributed by atoms with van der Waals surface area (Å²) in [5.41, 5.74) is 0. The van der Waals surface area contributed by atoms with E-state index in [1.807, 2.05) is 0 Å². The topological polar surface area (TPSA) is 203 Å². The maximum atomic E-state index is 9.08. The van der Waals surface area contributed by atoms with E-state index in [0.29, 0.717) is 18.8 Å². The zero-order valence-corrected chi connectivity index (χ0v) is 12.6. The summed E-state index contributed by atoms with van der Waals surface area (Å²) in [7, 11) is -11.8. The van der Waals surface area contributed by atoms with E-state index in [0.717, 1.165) is 0 Å². The average molecular weight is 411 g/mol. The molecule has 0 atom stereocenters. The Balaban J connectivity index is -0.0000000400. The average Bonchev–Trinajstić information content (AvgIpc) is 1.41. The first-order chi connectivity index (χ1) is 6.00. The van der Waals surface area contributed by atoms with Gasteiger partial charge in [0.1, 0.15) is 0 Å². The Morgan fingerprint density at radius 2 is 0.588 bits per heavy atom. The van der Waals surface area contributed by atoms with Gasteiger partial charge in [-0.05, 0) is 0 Å². The Kier molecular flexibility index (Phi) is 20.6. The molecule has 0 heterocycles. The molecule has 10 nitrogen and oxygen atoms in total. The first-order valence-electron chi connectivity index (χ1n) is 2.72. The van der Waals surface area contributed by atoms with Gasteiger partial charge in [-0.25, -0.2) is 25.3 Å². The summed E-state index contributed by atoms with van der Waals surface area (Å²) in [5, 5.41) is 0. The zero-order chi connectivity index (χ0) is 13.5. The van der Waals surface area contributed by atoms with Crippen LogP contribution in [0.5, 0.6) is 0 Å². The smallest absolute Gasteiger partial charge is 0.748 e. The van der Waals surface area contributed by atoms with E-state index in [2.05, 4.69) is 0 Å². The van der Waals surface area contributed by atoms with Crippen LogP contribution in [-0.2, 0) is 52.7 Å². The molecular formula is C3H11AgO10S3. The monoisotopic (exact) mass is 410 g/mol. The normalized spacial score (nSPS) is 10.2. The number of rotatable bonds is 0. The zero-order valence-electron chi connectivity index (χ0n) is 8.70. The molecule has 0 amide bonds. The molecule has 17 heavy (non-hydrogen) atoms. The quantitative estimate of drug-likeness (QED) is 0.288. The predicted molar refractivity (Wildman–Crippen MR) is 50.5 cm³/mol. The van der Waals surface area contributed by atoms with Gasteiger partial charge < -0.3 is 19.1 Å². The number of hydrogen-bond acceptors (Lipinski definition) is 9. The van der Waals surface area contributed by atoms with Crippen molar-refractivity contribution in [3.05, 3.63) is 0 Å². The van der Waals surface area contributed by atoms with Crippen LogP contribution in [0.25, 0.3) is 0 Å². The molecule has 0 aliphatic carbocycles. The molecule has 0 aliphatic rings. The third kappa shape index (κ3) is 18500. The molecule has 0 rings (SSSR count). The molecule has 2 N–H and O–H groups in total. The van der Waals surface area contributed by atoms with Crippen molar-refractivity contribution in [3.63, 3.8) is 0 Å². The van der Waals surface area contributed by atoms with Crippen LogP contribution in [-0.4, -0.2) is 63.2 Å². The van der Waals surface area contributed by atoms with Crippen LogP contribution in [0, 0.1) is 0 Å². The van der Waals surface area contributed by atoms with E-state index in [4.69, 9.17) is 38.9 Å². The summed E-state index contributed by atoms with van der Waals surface area (Å²) >= 11 is 0. The molecule has 0 radical (unpaired) electrons. The molecule has 0 aromatic heterocycles. The van der Waals surface area contributed by atoms with E-state index in [9.17, 15) is 0 Å². The molecule has 14 heteroatoms. The van der Waals surface area contributed by atoms with Crippen LogP contribution in [0.4, 0.5) is 0 Å². The van der Waals surface area contributed by atoms with Crippen LogP contribution in [0.2, 0.25) is 0 Å². The predicted octanol–water partition coefficient (Wildman–Crippen LogP) is -3.34. The van der Waals surface area contributed by atoms with E-state index in [1.165, 1.54) is 0 Å². The van der Waals surface area contributed by atoms with Gasteiger partial charge in [-0.1, -0.05) is 0 Å². The molecule has 0 aromatic rings. The van der Waals surface area contributed by atoms with E-state index in [1.54, 1.807) is 0 Å². The molecule has 0 aromatic carbocycles. The molecular weight excluding hydrogens is 400 g/mol. The van der Waals surface area contributed by atoms with E-state index in [-0.39, 0.29) is 27.9 Å². The standard InChI is InChI=1S/3CH4O3S.Ag.H2O/c3*1-5(2,3)4;;/h3*1H3,(H,2,3,4);;1H2/q;;;+3;/p-3. The second-order valence-electron chi connectivity index (χ2n) is 2.11. The van der Waals surface area contributed by atoms with Crippen molar-refractivity contribution in [2.45, 2.75) is 0 Å². The van der Waals surface area contributed by atoms with Crippen molar-refractivity contribution in [1.29, 1.82) is 0 Å². The summed E-state index contributed by atoms with van der Waals surface area (Å²) < 4.78 is 81.7. The maximum Gasteiger partial charge on any atom is 3.00 e. The Hall–Kier alpha value is 0.430. The van der Waals surface area contributed by atoms with Gasteiger partial charge in [0.15, 0.2) is 0 Å². The van der Waals surface area contributed by atoms with Crippen LogP contribution in [0.15, 0.2) is 0 Å². The number of hydrogen-bond donors (Lipinski definition) is 0. The third-order valence-electron chi connectivity index (χ3n) is 0. The molecule has 0 spiro atoms. The molecule has 0 aliphatic heterocycles. The first kappa shape index (κ1) is 30.5. The molecule has 0 saturated carbocycles. The summed E-state index contributed by atoms with van der Waals surface area (Å²) in [6.45, 7) is 0. The van der Waals surface area contributed by atoms with Gasteiger partial charge in [-0.2, -0.15) is 0 Å². The minimum atomic E-state index is -3.92. The van der Waals surface area contributed by atoms with Crippen molar-refractivity contribution < 1.29 is 66.8 Å². The van der Waals surface area contributed by atoms with Crippen molar-refractivity contribution in [3.8, 4) is 0 Å². The van der Waals surface area contributed by atoms with Crippen molar-refractivity contribution >= 4 is 30.4 Å². The Morgan fingerprint density at radius 3 is 0.588 bits per heavy atom. The van der Waals surface area contributed by atoms with Crippen molar-refractivity contribution in [1.82, 2.24) is 0 Å². The van der Waals surface area contributed by atoms with Gasteiger partial charge >= 0.3 is 22.4 Å². The fourth-order valence-corrected chi connectivity index (χ4v) is 0. The maximum absolute atomic E-state index is 9.08. The minimum Gasteiger partial charge on any atom is -0.748 e. The van der Waals surface area contributed by atoms with Gasteiger partial charge in [0.05, 0.1) is 30.4 Å². The van der Waals surface area contributed by atoms with Gasteiger partial charge in [0, 0.05) is 18.8 Å². The van der Waals surface area contributed by atoms with Crippen molar-refractivity contribution in [2.24, 2.45) is 0 Å². The first-order valence-corrected chi connectivity index (χ1v) is 8.17. The van der Waals surface area contributed by atoms with Crippen molar-refractivity contribution in [2.75, 3.05) is 18.8 Å². The van der Waals surface area contributed by atoms with Gasteiger partial charge in [0.25, 0.3) is 0 Å². The van der Waals surface area contributed by atoms with Gasteiger partial charge in [-0.15, -0.1) is 0 Å². The Labute approximate surface area is 115 Å². The molecule has 0 fully saturated rings.